The fourth-order valence-electron chi connectivity index (χ4n) is 1.69. The monoisotopic (exact) mass is 260 g/mol. The van der Waals surface area contributed by atoms with E-state index < -0.39 is 11.9 Å². The van der Waals surface area contributed by atoms with Crippen molar-refractivity contribution in [2.75, 3.05) is 14.2 Å². The first-order valence-electron chi connectivity index (χ1n) is 5.50. The SMILES string of the molecule is COC(=O)c1cc(C(=O)OC)cc(-c2ccoc2)c1. The van der Waals surface area contributed by atoms with E-state index in [1.165, 1.54) is 32.8 Å². The fraction of sp³-hybridized carbons (Fsp3) is 0.143. The second-order valence-electron chi connectivity index (χ2n) is 3.79. The van der Waals surface area contributed by atoms with Crippen molar-refractivity contribution in [3.8, 4) is 11.1 Å². The van der Waals surface area contributed by atoms with Crippen LogP contribution in [0.25, 0.3) is 11.1 Å². The van der Waals surface area contributed by atoms with Crippen LogP contribution in [-0.2, 0) is 9.47 Å². The number of hydrogen-bond donors (Lipinski definition) is 0. The Hall–Kier alpha value is -2.56. The summed E-state index contributed by atoms with van der Waals surface area (Å²) in [6.07, 6.45) is 3.04. The van der Waals surface area contributed by atoms with E-state index in [2.05, 4.69) is 9.47 Å². The van der Waals surface area contributed by atoms with E-state index in [1.54, 1.807) is 18.2 Å². The van der Waals surface area contributed by atoms with Gasteiger partial charge in [-0.25, -0.2) is 9.59 Å². The summed E-state index contributed by atoms with van der Waals surface area (Å²) in [5, 5.41) is 0. The van der Waals surface area contributed by atoms with Crippen LogP contribution < -0.4 is 0 Å². The largest absolute Gasteiger partial charge is 0.472 e. The Bertz CT molecular complexity index is 564. The number of benzene rings is 1. The van der Waals surface area contributed by atoms with Crippen molar-refractivity contribution in [2.24, 2.45) is 0 Å². The number of ether oxygens (including phenoxy) is 2. The van der Waals surface area contributed by atoms with Gasteiger partial charge in [-0.05, 0) is 29.8 Å². The summed E-state index contributed by atoms with van der Waals surface area (Å²) >= 11 is 0. The van der Waals surface area contributed by atoms with Gasteiger partial charge in [0.25, 0.3) is 0 Å². The molecule has 0 bridgehead atoms. The van der Waals surface area contributed by atoms with E-state index in [4.69, 9.17) is 4.42 Å². The first kappa shape index (κ1) is 12.9. The molecule has 0 saturated heterocycles. The molecule has 0 amide bonds. The van der Waals surface area contributed by atoms with E-state index in [9.17, 15) is 9.59 Å². The minimum absolute atomic E-state index is 0.279. The van der Waals surface area contributed by atoms with Gasteiger partial charge >= 0.3 is 11.9 Å². The molecule has 5 heteroatoms. The summed E-state index contributed by atoms with van der Waals surface area (Å²) in [5.74, 6) is -1.04. The highest BCUT2D eigenvalue weighted by molar-refractivity contribution is 5.97. The third-order valence-corrected chi connectivity index (χ3v) is 2.63. The molecule has 2 aromatic rings. The molecule has 0 fully saturated rings. The molecular formula is C14H12O5. The molecule has 0 spiro atoms. The Balaban J connectivity index is 2.55. The highest BCUT2D eigenvalue weighted by atomic mass is 16.5. The summed E-state index contributed by atoms with van der Waals surface area (Å²) < 4.78 is 14.3. The average Bonchev–Trinajstić information content (AvgIpc) is 2.99. The number of rotatable bonds is 3. The number of hydrogen-bond acceptors (Lipinski definition) is 5. The normalized spacial score (nSPS) is 10.0. The van der Waals surface area contributed by atoms with Crippen molar-refractivity contribution in [3.63, 3.8) is 0 Å². The highest BCUT2D eigenvalue weighted by Gasteiger charge is 2.14. The molecule has 0 N–H and O–H groups in total. The number of furan rings is 1. The lowest BCUT2D eigenvalue weighted by molar-refractivity contribution is 0.0599. The van der Waals surface area contributed by atoms with Crippen molar-refractivity contribution >= 4 is 11.9 Å². The Morgan fingerprint density at radius 3 is 1.95 bits per heavy atom. The van der Waals surface area contributed by atoms with Gasteiger partial charge in [0.15, 0.2) is 0 Å². The molecule has 0 aliphatic carbocycles. The topological polar surface area (TPSA) is 65.7 Å². The minimum Gasteiger partial charge on any atom is -0.472 e. The number of carbonyl (C=O) groups is 2. The molecule has 0 radical (unpaired) electrons. The summed E-state index contributed by atoms with van der Waals surface area (Å²) in [6, 6.07) is 6.42. The Kier molecular flexibility index (Phi) is 3.66. The number of methoxy groups -OCH3 is 2. The van der Waals surface area contributed by atoms with Crippen LogP contribution in [0.3, 0.4) is 0 Å². The summed E-state index contributed by atoms with van der Waals surface area (Å²) in [5.41, 5.74) is 2.00. The predicted molar refractivity (Wildman–Crippen MR) is 66.8 cm³/mol. The molecular weight excluding hydrogens is 248 g/mol. The van der Waals surface area contributed by atoms with Crippen molar-refractivity contribution in [1.29, 1.82) is 0 Å². The fourth-order valence-corrected chi connectivity index (χ4v) is 1.69. The second-order valence-corrected chi connectivity index (χ2v) is 3.79. The third kappa shape index (κ3) is 2.65. The van der Waals surface area contributed by atoms with Gasteiger partial charge in [0.1, 0.15) is 0 Å². The van der Waals surface area contributed by atoms with Crippen LogP contribution in [0.5, 0.6) is 0 Å². The van der Waals surface area contributed by atoms with E-state index in [0.717, 1.165) is 5.56 Å². The Morgan fingerprint density at radius 2 is 1.53 bits per heavy atom. The molecule has 0 atom stereocenters. The molecule has 5 nitrogen and oxygen atoms in total. The summed E-state index contributed by atoms with van der Waals surface area (Å²) in [4.78, 5) is 23.2. The standard InChI is InChI=1S/C14H12O5/c1-17-13(15)11-5-10(9-3-4-19-8-9)6-12(7-11)14(16)18-2/h3-8H,1-2H3. The van der Waals surface area contributed by atoms with Crippen LogP contribution >= 0.6 is 0 Å². The van der Waals surface area contributed by atoms with Crippen molar-refractivity contribution in [1.82, 2.24) is 0 Å². The first-order chi connectivity index (χ1) is 9.15. The zero-order valence-electron chi connectivity index (χ0n) is 10.5. The quantitative estimate of drug-likeness (QED) is 0.793. The third-order valence-electron chi connectivity index (χ3n) is 2.63. The zero-order valence-corrected chi connectivity index (χ0v) is 10.5. The molecule has 0 aliphatic rings. The van der Waals surface area contributed by atoms with E-state index >= 15 is 0 Å². The van der Waals surface area contributed by atoms with Crippen LogP contribution in [0.1, 0.15) is 20.7 Å². The van der Waals surface area contributed by atoms with Gasteiger partial charge in [-0.2, -0.15) is 0 Å². The van der Waals surface area contributed by atoms with Crippen molar-refractivity contribution in [2.45, 2.75) is 0 Å². The van der Waals surface area contributed by atoms with Gasteiger partial charge in [0.05, 0.1) is 37.9 Å². The number of esters is 2. The summed E-state index contributed by atoms with van der Waals surface area (Å²) in [6.45, 7) is 0. The smallest absolute Gasteiger partial charge is 0.337 e. The van der Waals surface area contributed by atoms with Gasteiger partial charge < -0.3 is 13.9 Å². The van der Waals surface area contributed by atoms with Gasteiger partial charge in [-0.1, -0.05) is 0 Å². The van der Waals surface area contributed by atoms with E-state index in [0.29, 0.717) is 5.56 Å². The maximum Gasteiger partial charge on any atom is 0.337 e. The molecule has 19 heavy (non-hydrogen) atoms. The molecule has 0 aliphatic heterocycles. The van der Waals surface area contributed by atoms with Crippen molar-refractivity contribution in [3.05, 3.63) is 47.9 Å². The predicted octanol–water partition coefficient (Wildman–Crippen LogP) is 2.52. The molecule has 1 heterocycles. The van der Waals surface area contributed by atoms with Crippen LogP contribution in [0.4, 0.5) is 0 Å². The number of carbonyl (C=O) groups excluding carboxylic acids is 2. The van der Waals surface area contributed by atoms with Crippen LogP contribution in [0.15, 0.2) is 41.2 Å². The second kappa shape index (κ2) is 5.39. The van der Waals surface area contributed by atoms with Gasteiger partial charge in [0.2, 0.25) is 0 Å². The molecule has 2 rings (SSSR count). The zero-order chi connectivity index (χ0) is 13.8. The van der Waals surface area contributed by atoms with Crippen LogP contribution in [0.2, 0.25) is 0 Å². The van der Waals surface area contributed by atoms with Gasteiger partial charge in [-0.15, -0.1) is 0 Å². The molecule has 98 valence electrons. The van der Waals surface area contributed by atoms with Crippen molar-refractivity contribution < 1.29 is 23.5 Å². The lowest BCUT2D eigenvalue weighted by Crippen LogP contribution is -2.06. The molecule has 0 unspecified atom stereocenters. The molecule has 1 aromatic heterocycles. The van der Waals surface area contributed by atoms with E-state index in [-0.39, 0.29) is 11.1 Å². The Labute approximate surface area is 109 Å². The first-order valence-corrected chi connectivity index (χ1v) is 5.50. The lowest BCUT2D eigenvalue weighted by atomic mass is 10.0. The highest BCUT2D eigenvalue weighted by Crippen LogP contribution is 2.23. The van der Waals surface area contributed by atoms with Gasteiger partial charge in [0, 0.05) is 5.56 Å². The average molecular weight is 260 g/mol. The van der Waals surface area contributed by atoms with E-state index in [1.807, 2.05) is 0 Å². The minimum atomic E-state index is -0.518. The maximum absolute atomic E-state index is 11.6. The van der Waals surface area contributed by atoms with Crippen LogP contribution in [0, 0.1) is 0 Å². The maximum atomic E-state index is 11.6. The lowest BCUT2D eigenvalue weighted by Gasteiger charge is -2.06. The molecule has 1 aromatic carbocycles. The van der Waals surface area contributed by atoms with Gasteiger partial charge in [-0.3, -0.25) is 0 Å². The molecule has 0 saturated carbocycles. The summed E-state index contributed by atoms with van der Waals surface area (Å²) in [7, 11) is 2.56. The Morgan fingerprint density at radius 1 is 0.947 bits per heavy atom. The van der Waals surface area contributed by atoms with Crippen LogP contribution in [-0.4, -0.2) is 26.2 Å².